The summed E-state index contributed by atoms with van der Waals surface area (Å²) in [5.74, 6) is 1.54. The number of carbonyl (C=O) groups excluding carboxylic acids is 1. The Morgan fingerprint density at radius 3 is 2.61 bits per heavy atom. The molecule has 7 heteroatoms. The Hall–Kier alpha value is -2.90. The van der Waals surface area contributed by atoms with Crippen molar-refractivity contribution in [3.8, 4) is 11.5 Å². The highest BCUT2D eigenvalue weighted by Crippen LogP contribution is 2.33. The van der Waals surface area contributed by atoms with E-state index in [0.717, 1.165) is 55.2 Å². The van der Waals surface area contributed by atoms with Crippen molar-refractivity contribution >= 4 is 22.4 Å². The molecule has 6 nitrogen and oxygen atoms in total. The number of aryl methyl sites for hydroxylation is 1. The molecule has 1 aromatic heterocycles. The second-order valence-electron chi connectivity index (χ2n) is 7.61. The summed E-state index contributed by atoms with van der Waals surface area (Å²) >= 11 is 1.48. The third-order valence-corrected chi connectivity index (χ3v) is 6.27. The van der Waals surface area contributed by atoms with Crippen molar-refractivity contribution < 1.29 is 14.3 Å². The lowest BCUT2D eigenvalue weighted by Gasteiger charge is -2.29. The molecule has 0 aliphatic carbocycles. The molecule has 1 N–H and O–H groups in total. The third-order valence-electron chi connectivity index (χ3n) is 5.46. The molecule has 0 atom stereocenters. The van der Waals surface area contributed by atoms with E-state index < -0.39 is 0 Å². The van der Waals surface area contributed by atoms with Crippen LogP contribution < -0.4 is 14.8 Å². The minimum atomic E-state index is -0.00213. The van der Waals surface area contributed by atoms with Crippen LogP contribution in [-0.4, -0.2) is 36.6 Å². The highest BCUT2D eigenvalue weighted by Gasteiger charge is 2.20. The number of rotatable bonds is 8. The standard InChI is InChI=1S/C24H27N3O3S/c1-29-21-12-18-10-11-27(14-19(18)13-22(21)30-2)15-20-16-31-24(25-20)26-23(28)9-8-17-6-4-3-5-7-17/h3-7,12-13,16H,8-11,14-15H2,1-2H3,(H,25,26,28). The molecule has 0 saturated heterocycles. The van der Waals surface area contributed by atoms with Gasteiger partial charge in [-0.25, -0.2) is 4.98 Å². The van der Waals surface area contributed by atoms with E-state index in [1.165, 1.54) is 22.5 Å². The maximum Gasteiger partial charge on any atom is 0.226 e. The van der Waals surface area contributed by atoms with Crippen molar-refractivity contribution in [2.45, 2.75) is 32.4 Å². The number of nitrogens with one attached hydrogen (secondary N) is 1. The lowest BCUT2D eigenvalue weighted by molar-refractivity contribution is -0.116. The largest absolute Gasteiger partial charge is 0.493 e. The Morgan fingerprint density at radius 2 is 1.87 bits per heavy atom. The summed E-state index contributed by atoms with van der Waals surface area (Å²) in [6, 6.07) is 14.2. The molecular formula is C24H27N3O3S. The summed E-state index contributed by atoms with van der Waals surface area (Å²) in [7, 11) is 3.33. The van der Waals surface area contributed by atoms with Gasteiger partial charge in [-0.3, -0.25) is 9.69 Å². The zero-order valence-electron chi connectivity index (χ0n) is 17.9. The van der Waals surface area contributed by atoms with E-state index in [4.69, 9.17) is 9.47 Å². The number of methoxy groups -OCH3 is 2. The number of fused-ring (bicyclic) bond motifs is 1. The van der Waals surface area contributed by atoms with E-state index in [2.05, 4.69) is 27.3 Å². The summed E-state index contributed by atoms with van der Waals surface area (Å²) < 4.78 is 10.9. The zero-order chi connectivity index (χ0) is 21.6. The van der Waals surface area contributed by atoms with Gasteiger partial charge < -0.3 is 14.8 Å². The summed E-state index contributed by atoms with van der Waals surface area (Å²) in [5.41, 5.74) is 4.71. The van der Waals surface area contributed by atoms with Crippen molar-refractivity contribution in [1.82, 2.24) is 9.88 Å². The first kappa shape index (κ1) is 21.3. The number of hydrogen-bond acceptors (Lipinski definition) is 6. The molecule has 0 spiro atoms. The van der Waals surface area contributed by atoms with Gasteiger partial charge in [0.05, 0.1) is 19.9 Å². The first-order valence-electron chi connectivity index (χ1n) is 10.4. The minimum Gasteiger partial charge on any atom is -0.493 e. The molecule has 0 bridgehead atoms. The molecule has 0 radical (unpaired) electrons. The van der Waals surface area contributed by atoms with E-state index in [0.29, 0.717) is 11.6 Å². The zero-order valence-corrected chi connectivity index (χ0v) is 18.7. The average Bonchev–Trinajstić information content (AvgIpc) is 3.23. The van der Waals surface area contributed by atoms with Crippen LogP contribution in [0.3, 0.4) is 0 Å². The molecule has 2 aromatic carbocycles. The Labute approximate surface area is 186 Å². The van der Waals surface area contributed by atoms with Gasteiger partial charge in [0.15, 0.2) is 16.6 Å². The van der Waals surface area contributed by atoms with Crippen molar-refractivity contribution in [2.24, 2.45) is 0 Å². The molecule has 1 aliphatic heterocycles. The number of ether oxygens (including phenoxy) is 2. The highest BCUT2D eigenvalue weighted by molar-refractivity contribution is 7.13. The maximum atomic E-state index is 12.3. The third kappa shape index (κ3) is 5.42. The number of hydrogen-bond donors (Lipinski definition) is 1. The second-order valence-corrected chi connectivity index (χ2v) is 8.47. The van der Waals surface area contributed by atoms with Gasteiger partial charge in [-0.15, -0.1) is 11.3 Å². The van der Waals surface area contributed by atoms with Crippen LogP contribution in [0, 0.1) is 0 Å². The number of thiazole rings is 1. The fourth-order valence-corrected chi connectivity index (χ4v) is 4.54. The molecule has 2 heterocycles. The molecule has 3 aromatic rings. The summed E-state index contributed by atoms with van der Waals surface area (Å²) in [6.45, 7) is 2.55. The lowest BCUT2D eigenvalue weighted by Crippen LogP contribution is -2.30. The van der Waals surface area contributed by atoms with Crippen LogP contribution in [0.5, 0.6) is 11.5 Å². The van der Waals surface area contributed by atoms with E-state index >= 15 is 0 Å². The van der Waals surface area contributed by atoms with E-state index in [9.17, 15) is 4.79 Å². The number of amides is 1. The molecular weight excluding hydrogens is 410 g/mol. The van der Waals surface area contributed by atoms with Gasteiger partial charge in [-0.2, -0.15) is 0 Å². The fourth-order valence-electron chi connectivity index (χ4n) is 3.83. The summed E-state index contributed by atoms with van der Waals surface area (Å²) in [4.78, 5) is 19.2. The quantitative estimate of drug-likeness (QED) is 0.570. The van der Waals surface area contributed by atoms with Crippen LogP contribution in [-0.2, 0) is 30.7 Å². The number of aromatic nitrogens is 1. The summed E-state index contributed by atoms with van der Waals surface area (Å²) in [5, 5.41) is 5.62. The lowest BCUT2D eigenvalue weighted by atomic mass is 9.98. The van der Waals surface area contributed by atoms with Crippen molar-refractivity contribution in [3.63, 3.8) is 0 Å². The van der Waals surface area contributed by atoms with E-state index in [1.54, 1.807) is 14.2 Å². The first-order chi connectivity index (χ1) is 15.1. The predicted octanol–water partition coefficient (Wildman–Crippen LogP) is 4.29. The molecule has 0 fully saturated rings. The Balaban J connectivity index is 1.31. The predicted molar refractivity (Wildman–Crippen MR) is 123 cm³/mol. The molecule has 1 amide bonds. The van der Waals surface area contributed by atoms with Gasteiger partial charge in [0.25, 0.3) is 0 Å². The Kier molecular flexibility index (Phi) is 6.84. The number of anilines is 1. The smallest absolute Gasteiger partial charge is 0.226 e. The molecule has 0 saturated carbocycles. The van der Waals surface area contributed by atoms with Gasteiger partial charge in [-0.05, 0) is 41.7 Å². The van der Waals surface area contributed by atoms with Crippen LogP contribution in [0.2, 0.25) is 0 Å². The van der Waals surface area contributed by atoms with Gasteiger partial charge in [0, 0.05) is 31.4 Å². The Morgan fingerprint density at radius 1 is 1.13 bits per heavy atom. The monoisotopic (exact) mass is 437 g/mol. The normalized spacial score (nSPS) is 13.5. The molecule has 162 valence electrons. The van der Waals surface area contributed by atoms with Crippen molar-refractivity contribution in [2.75, 3.05) is 26.1 Å². The van der Waals surface area contributed by atoms with E-state index in [1.807, 2.05) is 35.7 Å². The Bertz CT molecular complexity index is 1040. The SMILES string of the molecule is COc1cc2c(cc1OC)CN(Cc1csc(NC(=O)CCc3ccccc3)n1)CC2. The van der Waals surface area contributed by atoms with Crippen LogP contribution in [0.15, 0.2) is 47.8 Å². The molecule has 31 heavy (non-hydrogen) atoms. The van der Waals surface area contributed by atoms with Gasteiger partial charge >= 0.3 is 0 Å². The maximum absolute atomic E-state index is 12.3. The van der Waals surface area contributed by atoms with Crippen LogP contribution in [0.25, 0.3) is 0 Å². The van der Waals surface area contributed by atoms with E-state index in [-0.39, 0.29) is 5.91 Å². The van der Waals surface area contributed by atoms with Crippen LogP contribution in [0.4, 0.5) is 5.13 Å². The topological polar surface area (TPSA) is 63.7 Å². The van der Waals surface area contributed by atoms with Gasteiger partial charge in [0.1, 0.15) is 0 Å². The van der Waals surface area contributed by atoms with Gasteiger partial charge in [-0.1, -0.05) is 30.3 Å². The average molecular weight is 438 g/mol. The van der Waals surface area contributed by atoms with Gasteiger partial charge in [0.2, 0.25) is 5.91 Å². The van der Waals surface area contributed by atoms with Crippen LogP contribution in [0.1, 0.15) is 28.8 Å². The van der Waals surface area contributed by atoms with Crippen LogP contribution >= 0.6 is 11.3 Å². The minimum absolute atomic E-state index is 0.00213. The van der Waals surface area contributed by atoms with Crippen molar-refractivity contribution in [1.29, 1.82) is 0 Å². The molecule has 1 aliphatic rings. The second kappa shape index (κ2) is 9.94. The molecule has 0 unspecified atom stereocenters. The number of carbonyl (C=O) groups is 1. The first-order valence-corrected chi connectivity index (χ1v) is 11.3. The number of nitrogens with zero attached hydrogens (tertiary/aromatic N) is 2. The fraction of sp³-hybridized carbons (Fsp3) is 0.333. The molecule has 4 rings (SSSR count). The van der Waals surface area contributed by atoms with Crippen molar-refractivity contribution in [3.05, 3.63) is 70.2 Å². The summed E-state index contributed by atoms with van der Waals surface area (Å²) in [6.07, 6.45) is 2.14. The highest BCUT2D eigenvalue weighted by atomic mass is 32.1. The number of benzene rings is 2.